The van der Waals surface area contributed by atoms with Gasteiger partial charge in [-0.15, -0.1) is 0 Å². The quantitative estimate of drug-likeness (QED) is 0.857. The topological polar surface area (TPSA) is 73.2 Å². The van der Waals surface area contributed by atoms with E-state index in [9.17, 15) is 9.59 Å². The van der Waals surface area contributed by atoms with Crippen molar-refractivity contribution in [2.75, 3.05) is 11.9 Å². The highest BCUT2D eigenvalue weighted by molar-refractivity contribution is 5.95. The number of amides is 1. The molecule has 104 valence electrons. The molecule has 6 heteroatoms. The smallest absolute Gasteiger partial charge is 0.342 e. The highest BCUT2D eigenvalue weighted by Gasteiger charge is 2.15. The Kier molecular flexibility index (Phi) is 4.14. The normalized spacial score (nSPS) is 10.1. The van der Waals surface area contributed by atoms with Gasteiger partial charge in [-0.1, -0.05) is 18.2 Å². The molecule has 0 saturated carbocycles. The van der Waals surface area contributed by atoms with Gasteiger partial charge in [-0.05, 0) is 19.1 Å². The maximum absolute atomic E-state index is 11.8. The van der Waals surface area contributed by atoms with Gasteiger partial charge in [0.1, 0.15) is 5.56 Å². The second-order valence-corrected chi connectivity index (χ2v) is 4.26. The molecule has 0 spiro atoms. The minimum absolute atomic E-state index is 0.331. The predicted molar refractivity (Wildman–Crippen MR) is 73.3 cm³/mol. The van der Waals surface area contributed by atoms with E-state index in [1.54, 1.807) is 42.9 Å². The summed E-state index contributed by atoms with van der Waals surface area (Å²) in [5.74, 6) is -0.940. The van der Waals surface area contributed by atoms with Crippen molar-refractivity contribution in [1.82, 2.24) is 9.78 Å². The Labute approximate surface area is 116 Å². The van der Waals surface area contributed by atoms with Crippen LogP contribution in [0.5, 0.6) is 0 Å². The first-order chi connectivity index (χ1) is 9.58. The lowest BCUT2D eigenvalue weighted by Gasteiger charge is -2.06. The molecular weight excluding hydrogens is 258 g/mol. The van der Waals surface area contributed by atoms with Gasteiger partial charge in [-0.25, -0.2) is 4.79 Å². The summed E-state index contributed by atoms with van der Waals surface area (Å²) in [6, 6.07) is 8.97. The SMILES string of the molecule is Cc1c(C(=O)OCC(=O)Nc2ccccc2)cnn1C. The van der Waals surface area contributed by atoms with Crippen LogP contribution in [0.25, 0.3) is 0 Å². The number of rotatable bonds is 4. The van der Waals surface area contributed by atoms with Crippen LogP contribution in [0.1, 0.15) is 16.1 Å². The number of carbonyl (C=O) groups excluding carboxylic acids is 2. The summed E-state index contributed by atoms with van der Waals surface area (Å²) in [7, 11) is 1.73. The largest absolute Gasteiger partial charge is 0.452 e. The Morgan fingerprint density at radius 2 is 2.00 bits per heavy atom. The van der Waals surface area contributed by atoms with E-state index in [1.165, 1.54) is 6.20 Å². The van der Waals surface area contributed by atoms with E-state index in [-0.39, 0.29) is 12.5 Å². The molecule has 1 amide bonds. The number of aryl methyl sites for hydroxylation is 1. The number of aromatic nitrogens is 2. The van der Waals surface area contributed by atoms with Gasteiger partial charge in [0.25, 0.3) is 5.91 Å². The second-order valence-electron chi connectivity index (χ2n) is 4.26. The average Bonchev–Trinajstić information content (AvgIpc) is 2.78. The van der Waals surface area contributed by atoms with E-state index < -0.39 is 5.97 Å². The Balaban J connectivity index is 1.87. The molecule has 1 N–H and O–H groups in total. The van der Waals surface area contributed by atoms with Crippen molar-refractivity contribution in [2.45, 2.75) is 6.92 Å². The van der Waals surface area contributed by atoms with Crippen LogP contribution in [0.15, 0.2) is 36.5 Å². The number of para-hydroxylation sites is 1. The number of hydrogen-bond acceptors (Lipinski definition) is 4. The molecular formula is C14H15N3O3. The number of hydrogen-bond donors (Lipinski definition) is 1. The lowest BCUT2D eigenvalue weighted by atomic mass is 10.3. The summed E-state index contributed by atoms with van der Waals surface area (Å²) in [4.78, 5) is 23.4. The van der Waals surface area contributed by atoms with Crippen LogP contribution < -0.4 is 5.32 Å². The third-order valence-corrected chi connectivity index (χ3v) is 2.85. The van der Waals surface area contributed by atoms with E-state index in [0.29, 0.717) is 16.9 Å². The van der Waals surface area contributed by atoms with Gasteiger partial charge in [0.05, 0.1) is 6.20 Å². The Morgan fingerprint density at radius 1 is 1.30 bits per heavy atom. The van der Waals surface area contributed by atoms with Crippen LogP contribution in [-0.2, 0) is 16.6 Å². The molecule has 2 aromatic rings. The van der Waals surface area contributed by atoms with Crippen LogP contribution in [0.4, 0.5) is 5.69 Å². The summed E-state index contributed by atoms with van der Waals surface area (Å²) >= 11 is 0. The number of ether oxygens (including phenoxy) is 1. The van der Waals surface area contributed by atoms with Crippen molar-refractivity contribution in [3.05, 3.63) is 47.8 Å². The van der Waals surface area contributed by atoms with Crippen molar-refractivity contribution in [3.8, 4) is 0 Å². The van der Waals surface area contributed by atoms with Crippen LogP contribution in [-0.4, -0.2) is 28.3 Å². The van der Waals surface area contributed by atoms with Crippen LogP contribution >= 0.6 is 0 Å². The van der Waals surface area contributed by atoms with E-state index >= 15 is 0 Å². The minimum Gasteiger partial charge on any atom is -0.452 e. The first-order valence-electron chi connectivity index (χ1n) is 6.08. The Bertz CT molecular complexity index is 620. The maximum atomic E-state index is 11.8. The summed E-state index contributed by atoms with van der Waals surface area (Å²) in [6.07, 6.45) is 1.42. The van der Waals surface area contributed by atoms with Crippen molar-refractivity contribution in [3.63, 3.8) is 0 Å². The molecule has 0 aliphatic rings. The van der Waals surface area contributed by atoms with Crippen molar-refractivity contribution in [1.29, 1.82) is 0 Å². The highest BCUT2D eigenvalue weighted by atomic mass is 16.5. The zero-order valence-corrected chi connectivity index (χ0v) is 11.3. The van der Waals surface area contributed by atoms with Gasteiger partial charge in [0.15, 0.2) is 6.61 Å². The number of benzene rings is 1. The summed E-state index contributed by atoms with van der Waals surface area (Å²) in [5.41, 5.74) is 1.71. The molecule has 0 radical (unpaired) electrons. The van der Waals surface area contributed by atoms with Gasteiger partial charge < -0.3 is 10.1 Å². The van der Waals surface area contributed by atoms with E-state index in [4.69, 9.17) is 4.74 Å². The fourth-order valence-corrected chi connectivity index (χ4v) is 1.63. The Hall–Kier alpha value is -2.63. The molecule has 0 fully saturated rings. The number of nitrogens with one attached hydrogen (secondary N) is 1. The third-order valence-electron chi connectivity index (χ3n) is 2.85. The van der Waals surface area contributed by atoms with Gasteiger partial charge >= 0.3 is 5.97 Å². The average molecular weight is 273 g/mol. The highest BCUT2D eigenvalue weighted by Crippen LogP contribution is 2.08. The van der Waals surface area contributed by atoms with Gasteiger partial charge in [0, 0.05) is 18.4 Å². The lowest BCUT2D eigenvalue weighted by Crippen LogP contribution is -2.21. The fraction of sp³-hybridized carbons (Fsp3) is 0.214. The Morgan fingerprint density at radius 3 is 2.60 bits per heavy atom. The first kappa shape index (κ1) is 13.8. The molecule has 20 heavy (non-hydrogen) atoms. The van der Waals surface area contributed by atoms with Gasteiger partial charge in [-0.3, -0.25) is 9.48 Å². The molecule has 1 aromatic carbocycles. The number of anilines is 1. The predicted octanol–water partition coefficient (Wildman–Crippen LogP) is 1.52. The minimum atomic E-state index is -0.557. The standard InChI is InChI=1S/C14H15N3O3/c1-10-12(8-15-17(10)2)14(19)20-9-13(18)16-11-6-4-3-5-7-11/h3-8H,9H2,1-2H3,(H,16,18). The lowest BCUT2D eigenvalue weighted by molar-refractivity contribution is -0.119. The van der Waals surface area contributed by atoms with Crippen molar-refractivity contribution < 1.29 is 14.3 Å². The molecule has 0 bridgehead atoms. The molecule has 6 nitrogen and oxygen atoms in total. The molecule has 0 unspecified atom stereocenters. The van der Waals surface area contributed by atoms with E-state index in [0.717, 1.165) is 0 Å². The number of carbonyl (C=O) groups is 2. The molecule has 0 saturated heterocycles. The first-order valence-corrected chi connectivity index (χ1v) is 6.08. The van der Waals surface area contributed by atoms with Crippen LogP contribution in [0.2, 0.25) is 0 Å². The molecule has 0 aliphatic carbocycles. The van der Waals surface area contributed by atoms with Gasteiger partial charge in [-0.2, -0.15) is 5.10 Å². The molecule has 0 aliphatic heterocycles. The molecule has 2 rings (SSSR count). The summed E-state index contributed by atoms with van der Waals surface area (Å²) < 4.78 is 6.52. The maximum Gasteiger partial charge on any atom is 0.342 e. The number of esters is 1. The zero-order valence-electron chi connectivity index (χ0n) is 11.3. The molecule has 1 heterocycles. The fourth-order valence-electron chi connectivity index (χ4n) is 1.63. The monoisotopic (exact) mass is 273 g/mol. The third kappa shape index (κ3) is 3.23. The van der Waals surface area contributed by atoms with Crippen molar-refractivity contribution >= 4 is 17.6 Å². The molecule has 0 atom stereocenters. The van der Waals surface area contributed by atoms with E-state index in [2.05, 4.69) is 10.4 Å². The summed E-state index contributed by atoms with van der Waals surface area (Å²) in [6.45, 7) is 1.43. The van der Waals surface area contributed by atoms with Crippen LogP contribution in [0.3, 0.4) is 0 Å². The van der Waals surface area contributed by atoms with Crippen molar-refractivity contribution in [2.24, 2.45) is 7.05 Å². The van der Waals surface area contributed by atoms with Crippen LogP contribution in [0, 0.1) is 6.92 Å². The summed E-state index contributed by atoms with van der Waals surface area (Å²) in [5, 5.41) is 6.58. The van der Waals surface area contributed by atoms with Gasteiger partial charge in [0.2, 0.25) is 0 Å². The number of nitrogens with zero attached hydrogens (tertiary/aromatic N) is 2. The second kappa shape index (κ2) is 6.01. The van der Waals surface area contributed by atoms with E-state index in [1.807, 2.05) is 6.07 Å². The molecule has 1 aromatic heterocycles. The zero-order chi connectivity index (χ0) is 14.5.